The van der Waals surface area contributed by atoms with Gasteiger partial charge in [-0.05, 0) is 121 Å². The molecular weight excluding hydrogens is 1020 g/mol. The number of hydrogen-bond acceptors (Lipinski definition) is 11. The number of likely N-dealkylation sites (N-methyl/N-ethyl adjacent to an activating group) is 1. The monoisotopic (exact) mass is 1100 g/mol. The third-order valence-corrected chi connectivity index (χ3v) is 14.6. The van der Waals surface area contributed by atoms with Gasteiger partial charge in [-0.2, -0.15) is 13.2 Å². The first-order chi connectivity index (χ1) is 36.9. The highest BCUT2D eigenvalue weighted by Crippen LogP contribution is 2.35. The summed E-state index contributed by atoms with van der Waals surface area (Å²) in [6, 6.07) is 12.7. The predicted octanol–water partition coefficient (Wildman–Crippen LogP) is 7.52. The molecule has 8 rings (SSSR count). The van der Waals surface area contributed by atoms with Crippen LogP contribution >= 0.6 is 0 Å². The molecule has 2 aromatic rings. The molecule has 4 N–H and O–H groups in total. The van der Waals surface area contributed by atoms with Crippen LogP contribution in [0.25, 0.3) is 0 Å². The van der Waals surface area contributed by atoms with Crippen LogP contribution in [0.5, 0.6) is 0 Å². The third-order valence-electron chi connectivity index (χ3n) is 14.6. The number of aryl methyl sites for hydroxylation is 2. The van der Waals surface area contributed by atoms with Crippen LogP contribution in [-0.4, -0.2) is 137 Å². The number of carbonyl (C=O) groups is 8. The minimum Gasteiger partial charge on any atom is -0.444 e. The van der Waals surface area contributed by atoms with Gasteiger partial charge in [-0.15, -0.1) is 0 Å². The number of halogens is 3. The van der Waals surface area contributed by atoms with Gasteiger partial charge in [0.25, 0.3) is 0 Å². The van der Waals surface area contributed by atoms with E-state index in [1.54, 1.807) is 32.6 Å². The molecule has 0 unspecified atom stereocenters. The lowest BCUT2D eigenvalue weighted by atomic mass is 9.87. The lowest BCUT2D eigenvalue weighted by molar-refractivity contribution is -0.156. The van der Waals surface area contributed by atoms with Gasteiger partial charge in [-0.3, -0.25) is 38.5 Å². The summed E-state index contributed by atoms with van der Waals surface area (Å²) in [5.41, 5.74) is 4.14. The molecule has 4 fully saturated rings. The Morgan fingerprint density at radius 2 is 1.12 bits per heavy atom. The summed E-state index contributed by atoms with van der Waals surface area (Å²) in [5, 5.41) is 12.0. The second kappa shape index (κ2) is 29.2. The molecule has 4 saturated heterocycles. The SMILES string of the molecule is C.CC.CC[C@@H](C)C(=O)N[C@H]1CCO[C@H]2CC[C@@H](C(=O)N[C@@H]3CCCc4ccccc43)N2C1=O.C[C@@H](C(=O)N[C@H]1CCO[C@H]2CC[C@@H](C(=O)N[C@@H]3CCCc4ccccc43)N2C1=O)N(C)C(=O)OC(C)(C)C.[2H]C(=O)C(F)(F)F. The Hall–Kier alpha value is -6.09. The van der Waals surface area contributed by atoms with E-state index in [0.717, 1.165) is 44.1 Å². The fourth-order valence-electron chi connectivity index (χ4n) is 10.3. The van der Waals surface area contributed by atoms with Crippen LogP contribution in [-0.2, 0) is 60.6 Å². The fraction of sp³-hybridized carbons (Fsp3) is 0.649. The standard InChI is InChI=1S/C28H40N4O6.C24H33N3O4.C2HF3O.C2H6.CH4/c1-17(31(5)27(36)38-28(2,3)4)24(33)30-21-15-16-37-23-14-13-22(32(23)26(21)35)25(34)29-20-12-8-10-18-9-6-7-11-19(18)20;1-3-15(2)22(28)26-19-13-14-31-21-12-11-20(27(21)24(19)30)23(29)25-18-10-6-8-16-7-4-5-9-17(16)18;3-2(4,5)1-6;1-2;/h6-7,9,11,17,20-23H,8,10,12-16H2,1-5H3,(H,29,34)(H,30,33);4-5,7,9,15,18-21H,3,6,8,10-14H2,1-2H3,(H,25,29)(H,26,28);1H;1-2H3;1H4/t17-,20+,21-,22-,23-;15-,18-,19+,20+,21+;;;/m01.../s1/i;;1D;;. The summed E-state index contributed by atoms with van der Waals surface area (Å²) in [6.45, 7) is 15.3. The number of carbonyl (C=O) groups excluding carboxylic acids is 8. The van der Waals surface area contributed by atoms with E-state index in [2.05, 4.69) is 45.5 Å². The van der Waals surface area contributed by atoms with Crippen LogP contribution < -0.4 is 21.3 Å². The van der Waals surface area contributed by atoms with Crippen LogP contribution in [0.3, 0.4) is 0 Å². The zero-order valence-corrected chi connectivity index (χ0v) is 46.0. The molecule has 10 atom stereocenters. The summed E-state index contributed by atoms with van der Waals surface area (Å²) >= 11 is 0. The van der Waals surface area contributed by atoms with Crippen molar-refractivity contribution in [2.24, 2.45) is 5.92 Å². The maximum absolute atomic E-state index is 13.6. The van der Waals surface area contributed by atoms with Crippen molar-refractivity contribution < 1.29 is 67.1 Å². The van der Waals surface area contributed by atoms with Gasteiger partial charge in [0.1, 0.15) is 49.6 Å². The van der Waals surface area contributed by atoms with Crippen molar-refractivity contribution in [3.8, 4) is 0 Å². The van der Waals surface area contributed by atoms with E-state index in [0.29, 0.717) is 45.1 Å². The molecule has 78 heavy (non-hydrogen) atoms. The summed E-state index contributed by atoms with van der Waals surface area (Å²) in [6.07, 6.45) is 0.485. The lowest BCUT2D eigenvalue weighted by Gasteiger charge is -2.33. The molecule has 0 aromatic heterocycles. The van der Waals surface area contributed by atoms with Crippen LogP contribution in [0.15, 0.2) is 48.5 Å². The molecule has 434 valence electrons. The van der Waals surface area contributed by atoms with Crippen LogP contribution in [0.1, 0.15) is 169 Å². The molecule has 6 aliphatic rings. The Morgan fingerprint density at radius 3 is 1.51 bits per heavy atom. The molecular formula is C57H84F3N7O11. The first kappa shape index (κ1) is 62.7. The molecule has 0 spiro atoms. The fourth-order valence-corrected chi connectivity index (χ4v) is 10.3. The summed E-state index contributed by atoms with van der Waals surface area (Å²) < 4.78 is 54.6. The van der Waals surface area contributed by atoms with E-state index < -0.39 is 72.7 Å². The highest BCUT2D eigenvalue weighted by atomic mass is 19.4. The zero-order chi connectivity index (χ0) is 57.6. The van der Waals surface area contributed by atoms with Gasteiger partial charge < -0.3 is 45.3 Å². The molecule has 18 nitrogen and oxygen atoms in total. The number of alkyl halides is 3. The molecule has 0 saturated carbocycles. The maximum atomic E-state index is 13.6. The first-order valence-electron chi connectivity index (χ1n) is 27.7. The van der Waals surface area contributed by atoms with Crippen molar-refractivity contribution in [2.75, 3.05) is 20.3 Å². The Balaban J connectivity index is 0.000000296. The van der Waals surface area contributed by atoms with Crippen molar-refractivity contribution in [2.45, 2.75) is 213 Å². The Labute approximate surface area is 459 Å². The van der Waals surface area contributed by atoms with Crippen LogP contribution in [0, 0.1) is 5.92 Å². The van der Waals surface area contributed by atoms with Gasteiger partial charge in [0.15, 0.2) is 0 Å². The molecule has 4 aliphatic heterocycles. The van der Waals surface area contributed by atoms with E-state index in [1.807, 2.05) is 52.0 Å². The average molecular weight is 1100 g/mol. The smallest absolute Gasteiger partial charge is 0.444 e. The van der Waals surface area contributed by atoms with Crippen LogP contribution in [0.2, 0.25) is 0 Å². The summed E-state index contributed by atoms with van der Waals surface area (Å²) in [5.74, 6) is -1.63. The number of fused-ring (bicyclic) bond motifs is 4. The van der Waals surface area contributed by atoms with Crippen molar-refractivity contribution >= 4 is 47.8 Å². The van der Waals surface area contributed by atoms with Crippen molar-refractivity contribution in [1.82, 2.24) is 36.0 Å². The number of nitrogens with zero attached hydrogens (tertiary/aromatic N) is 3. The normalized spacial score (nSPS) is 25.2. The number of rotatable bonds is 10. The molecule has 4 heterocycles. The van der Waals surface area contributed by atoms with Crippen molar-refractivity contribution in [3.05, 3.63) is 70.8 Å². The summed E-state index contributed by atoms with van der Waals surface area (Å²) in [7, 11) is 1.48. The van der Waals surface area contributed by atoms with Crippen LogP contribution in [0.4, 0.5) is 18.0 Å². The Bertz CT molecular complexity index is 2440. The van der Waals surface area contributed by atoms with Gasteiger partial charge in [-0.1, -0.05) is 83.7 Å². The second-order valence-electron chi connectivity index (χ2n) is 21.0. The largest absolute Gasteiger partial charge is 0.446 e. The molecule has 7 amide bonds. The predicted molar refractivity (Wildman–Crippen MR) is 286 cm³/mol. The summed E-state index contributed by atoms with van der Waals surface area (Å²) in [4.78, 5) is 105. The Kier molecular flexibility index (Phi) is 23.5. The minimum atomic E-state index is -4.97. The number of nitrogens with one attached hydrogen (secondary N) is 4. The highest BCUT2D eigenvalue weighted by Gasteiger charge is 2.48. The molecule has 0 radical (unpaired) electrons. The highest BCUT2D eigenvalue weighted by molar-refractivity contribution is 5.95. The van der Waals surface area contributed by atoms with Gasteiger partial charge >= 0.3 is 12.3 Å². The number of amides is 7. The number of aldehydes is 1. The van der Waals surface area contributed by atoms with Crippen molar-refractivity contribution in [3.63, 3.8) is 0 Å². The zero-order valence-electron chi connectivity index (χ0n) is 47.0. The third kappa shape index (κ3) is 17.0. The molecule has 21 heteroatoms. The number of ether oxygens (including phenoxy) is 3. The van der Waals surface area contributed by atoms with Crippen molar-refractivity contribution in [1.29, 1.82) is 0 Å². The van der Waals surface area contributed by atoms with Gasteiger partial charge in [-0.25, -0.2) is 4.79 Å². The number of hydrogen-bond donors (Lipinski definition) is 4. The molecule has 0 bridgehead atoms. The van der Waals surface area contributed by atoms with E-state index >= 15 is 0 Å². The number of benzene rings is 2. The average Bonchev–Trinajstić information content (AvgIpc) is 4.03. The van der Waals surface area contributed by atoms with E-state index in [1.165, 1.54) is 33.5 Å². The lowest BCUT2D eigenvalue weighted by Crippen LogP contribution is -2.57. The van der Waals surface area contributed by atoms with Gasteiger partial charge in [0.05, 0.1) is 25.3 Å². The first-order valence-corrected chi connectivity index (χ1v) is 27.2. The van der Waals surface area contributed by atoms with Gasteiger partial charge in [0, 0.05) is 25.8 Å². The van der Waals surface area contributed by atoms with E-state index in [-0.39, 0.29) is 68.0 Å². The molecule has 2 aromatic carbocycles. The minimum absolute atomic E-state index is 0. The Morgan fingerprint density at radius 1 is 0.705 bits per heavy atom. The van der Waals surface area contributed by atoms with E-state index in [4.69, 9.17) is 20.4 Å². The quantitative estimate of drug-likeness (QED) is 0.171. The second-order valence-corrected chi connectivity index (χ2v) is 21.0. The molecule has 2 aliphatic carbocycles. The topological polar surface area (TPSA) is 222 Å². The maximum Gasteiger partial charge on any atom is 0.446 e. The van der Waals surface area contributed by atoms with E-state index in [9.17, 15) is 46.7 Å². The van der Waals surface area contributed by atoms with Gasteiger partial charge in [0.2, 0.25) is 41.7 Å².